The van der Waals surface area contributed by atoms with Gasteiger partial charge in [0, 0.05) is 12.0 Å². The van der Waals surface area contributed by atoms with Crippen molar-refractivity contribution in [1.29, 1.82) is 0 Å². The molecule has 0 spiro atoms. The van der Waals surface area contributed by atoms with Crippen LogP contribution in [0.5, 0.6) is 5.75 Å². The molecule has 3 unspecified atom stereocenters. The fraction of sp³-hybridized carbons (Fsp3) is 0.769. The van der Waals surface area contributed by atoms with Crippen molar-refractivity contribution in [3.8, 4) is 5.75 Å². The molecule has 102 valence electrons. The zero-order valence-corrected chi connectivity index (χ0v) is 11.5. The monoisotopic (exact) mass is 254 g/mol. The third-order valence-corrected chi connectivity index (χ3v) is 3.46. The number of hydrogen-bond donors (Lipinski definition) is 1. The van der Waals surface area contributed by atoms with Gasteiger partial charge in [-0.25, -0.2) is 0 Å². The van der Waals surface area contributed by atoms with Gasteiger partial charge >= 0.3 is 0 Å². The predicted octanol–water partition coefficient (Wildman–Crippen LogP) is 1.93. The van der Waals surface area contributed by atoms with Gasteiger partial charge in [-0.05, 0) is 27.2 Å². The van der Waals surface area contributed by atoms with Crippen molar-refractivity contribution < 1.29 is 14.6 Å². The van der Waals surface area contributed by atoms with Gasteiger partial charge in [0.05, 0.1) is 26.0 Å². The van der Waals surface area contributed by atoms with E-state index in [1.54, 1.807) is 13.3 Å². The molecule has 1 fully saturated rings. The van der Waals surface area contributed by atoms with Crippen LogP contribution in [0.1, 0.15) is 45.0 Å². The second-order valence-corrected chi connectivity index (χ2v) is 5.22. The lowest BCUT2D eigenvalue weighted by molar-refractivity contribution is 0.0728. The van der Waals surface area contributed by atoms with Gasteiger partial charge < -0.3 is 14.6 Å². The van der Waals surface area contributed by atoms with E-state index in [0.29, 0.717) is 12.4 Å². The molecule has 3 atom stereocenters. The zero-order valence-electron chi connectivity index (χ0n) is 11.5. The number of aliphatic hydroxyl groups excluding tert-OH is 1. The summed E-state index contributed by atoms with van der Waals surface area (Å²) >= 11 is 0. The third kappa shape index (κ3) is 2.37. The summed E-state index contributed by atoms with van der Waals surface area (Å²) in [6.07, 6.45) is 2.16. The Morgan fingerprint density at radius 2 is 2.28 bits per heavy atom. The number of hydrogen-bond acceptors (Lipinski definition) is 4. The van der Waals surface area contributed by atoms with Gasteiger partial charge in [-0.2, -0.15) is 5.10 Å². The van der Waals surface area contributed by atoms with Crippen LogP contribution in [0.2, 0.25) is 0 Å². The molecule has 1 N–H and O–H groups in total. The molecule has 0 aromatic carbocycles. The van der Waals surface area contributed by atoms with Crippen LogP contribution in [0.25, 0.3) is 0 Å². The van der Waals surface area contributed by atoms with E-state index in [-0.39, 0.29) is 18.1 Å². The third-order valence-electron chi connectivity index (χ3n) is 3.46. The highest BCUT2D eigenvalue weighted by atomic mass is 16.5. The standard InChI is InChI=1S/C13H22N2O3/c1-8(2)15-12(11(17-4)6-14-15)13(16)10-5-9(3)18-7-10/h6,8-10,13,16H,5,7H2,1-4H3. The van der Waals surface area contributed by atoms with Gasteiger partial charge in [0.25, 0.3) is 0 Å². The number of methoxy groups -OCH3 is 1. The van der Waals surface area contributed by atoms with Gasteiger partial charge in [0.15, 0.2) is 5.75 Å². The summed E-state index contributed by atoms with van der Waals surface area (Å²) in [5, 5.41) is 14.8. The summed E-state index contributed by atoms with van der Waals surface area (Å²) in [5.41, 5.74) is 0.759. The van der Waals surface area contributed by atoms with E-state index in [1.807, 2.05) is 25.5 Å². The van der Waals surface area contributed by atoms with E-state index in [2.05, 4.69) is 5.10 Å². The molecule has 0 saturated carbocycles. The van der Waals surface area contributed by atoms with Crippen LogP contribution < -0.4 is 4.74 Å². The lowest BCUT2D eigenvalue weighted by atomic mass is 9.96. The first-order chi connectivity index (χ1) is 8.54. The molecule has 0 bridgehead atoms. The first-order valence-corrected chi connectivity index (χ1v) is 6.45. The van der Waals surface area contributed by atoms with Crippen LogP contribution in [0.4, 0.5) is 0 Å². The number of aromatic nitrogens is 2. The van der Waals surface area contributed by atoms with E-state index >= 15 is 0 Å². The van der Waals surface area contributed by atoms with Crippen molar-refractivity contribution in [2.24, 2.45) is 5.92 Å². The number of aliphatic hydroxyl groups is 1. The topological polar surface area (TPSA) is 56.5 Å². The Labute approximate surface area is 108 Å². The van der Waals surface area contributed by atoms with Crippen molar-refractivity contribution in [3.63, 3.8) is 0 Å². The highest BCUT2D eigenvalue weighted by Gasteiger charge is 2.33. The summed E-state index contributed by atoms with van der Waals surface area (Å²) in [4.78, 5) is 0. The van der Waals surface area contributed by atoms with Gasteiger partial charge in [-0.3, -0.25) is 4.68 Å². The molecule has 0 amide bonds. The van der Waals surface area contributed by atoms with Crippen LogP contribution >= 0.6 is 0 Å². The zero-order chi connectivity index (χ0) is 13.3. The van der Waals surface area contributed by atoms with E-state index in [1.165, 1.54) is 0 Å². The lowest BCUT2D eigenvalue weighted by Crippen LogP contribution is -2.19. The average molecular weight is 254 g/mol. The highest BCUT2D eigenvalue weighted by Crippen LogP contribution is 2.36. The number of nitrogens with zero attached hydrogens (tertiary/aromatic N) is 2. The molecule has 0 aliphatic carbocycles. The minimum Gasteiger partial charge on any atom is -0.493 e. The first-order valence-electron chi connectivity index (χ1n) is 6.45. The van der Waals surface area contributed by atoms with Crippen molar-refractivity contribution in [3.05, 3.63) is 11.9 Å². The molecule has 2 rings (SSSR count). The molecular weight excluding hydrogens is 232 g/mol. The Kier molecular flexibility index (Phi) is 3.92. The number of ether oxygens (including phenoxy) is 2. The lowest BCUT2D eigenvalue weighted by Gasteiger charge is -2.21. The minimum absolute atomic E-state index is 0.114. The van der Waals surface area contributed by atoms with Gasteiger partial charge in [-0.1, -0.05) is 0 Å². The summed E-state index contributed by atoms with van der Waals surface area (Å²) in [5.74, 6) is 0.763. The molecule has 1 saturated heterocycles. The largest absolute Gasteiger partial charge is 0.493 e. The molecule has 5 nitrogen and oxygen atoms in total. The Morgan fingerprint density at radius 3 is 2.78 bits per heavy atom. The van der Waals surface area contributed by atoms with Gasteiger partial charge in [-0.15, -0.1) is 0 Å². The Bertz CT molecular complexity index is 403. The molecule has 1 aromatic heterocycles. The summed E-state index contributed by atoms with van der Waals surface area (Å²) in [7, 11) is 1.60. The average Bonchev–Trinajstić information content (AvgIpc) is 2.93. The Hall–Kier alpha value is -1.07. The molecule has 0 radical (unpaired) electrons. The van der Waals surface area contributed by atoms with Crippen LogP contribution in [0.15, 0.2) is 6.20 Å². The van der Waals surface area contributed by atoms with E-state index in [0.717, 1.165) is 12.1 Å². The maximum Gasteiger partial charge on any atom is 0.162 e. The summed E-state index contributed by atoms with van der Waals surface area (Å²) in [6.45, 7) is 6.70. The van der Waals surface area contributed by atoms with Crippen LogP contribution in [0.3, 0.4) is 0 Å². The first kappa shape index (κ1) is 13.4. The predicted molar refractivity (Wildman–Crippen MR) is 67.6 cm³/mol. The van der Waals surface area contributed by atoms with Gasteiger partial charge in [0.2, 0.25) is 0 Å². The summed E-state index contributed by atoms with van der Waals surface area (Å²) < 4.78 is 12.7. The summed E-state index contributed by atoms with van der Waals surface area (Å²) in [6, 6.07) is 0.193. The second-order valence-electron chi connectivity index (χ2n) is 5.22. The maximum absolute atomic E-state index is 10.5. The highest BCUT2D eigenvalue weighted by molar-refractivity contribution is 5.28. The fourth-order valence-electron chi connectivity index (χ4n) is 2.50. The quantitative estimate of drug-likeness (QED) is 0.892. The van der Waals surface area contributed by atoms with E-state index in [4.69, 9.17) is 9.47 Å². The van der Waals surface area contributed by atoms with E-state index < -0.39 is 6.10 Å². The smallest absolute Gasteiger partial charge is 0.162 e. The number of rotatable bonds is 4. The van der Waals surface area contributed by atoms with Gasteiger partial charge in [0.1, 0.15) is 11.8 Å². The maximum atomic E-state index is 10.5. The fourth-order valence-corrected chi connectivity index (χ4v) is 2.50. The Morgan fingerprint density at radius 1 is 1.56 bits per heavy atom. The van der Waals surface area contributed by atoms with E-state index in [9.17, 15) is 5.11 Å². The van der Waals surface area contributed by atoms with Crippen molar-refractivity contribution >= 4 is 0 Å². The molecule has 5 heteroatoms. The molecule has 1 aromatic rings. The van der Waals surface area contributed by atoms with Crippen LogP contribution in [-0.4, -0.2) is 34.7 Å². The second kappa shape index (κ2) is 5.28. The molecule has 2 heterocycles. The normalized spacial score (nSPS) is 25.7. The Balaban J connectivity index is 2.27. The van der Waals surface area contributed by atoms with Crippen molar-refractivity contribution in [1.82, 2.24) is 9.78 Å². The molecule has 1 aliphatic rings. The van der Waals surface area contributed by atoms with Crippen molar-refractivity contribution in [2.45, 2.75) is 45.4 Å². The molecule has 1 aliphatic heterocycles. The van der Waals surface area contributed by atoms with Crippen molar-refractivity contribution in [2.75, 3.05) is 13.7 Å². The SMILES string of the molecule is COc1cnn(C(C)C)c1C(O)C1COC(C)C1. The molecular formula is C13H22N2O3. The van der Waals surface area contributed by atoms with Crippen LogP contribution in [0, 0.1) is 5.92 Å². The minimum atomic E-state index is -0.588. The molecule has 18 heavy (non-hydrogen) atoms. The van der Waals surface area contributed by atoms with Crippen LogP contribution in [-0.2, 0) is 4.74 Å².